The molecular weight excluding hydrogens is 220 g/mol. The van der Waals surface area contributed by atoms with Crippen LogP contribution in [0, 0.1) is 28.1 Å². The van der Waals surface area contributed by atoms with Gasteiger partial charge in [-0.2, -0.15) is 0 Å². The summed E-state index contributed by atoms with van der Waals surface area (Å²) in [6.07, 6.45) is 10.8. The van der Waals surface area contributed by atoms with Gasteiger partial charge in [0.25, 0.3) is 0 Å². The van der Waals surface area contributed by atoms with E-state index in [4.69, 9.17) is 0 Å². The predicted molar refractivity (Wildman–Crippen MR) is 75.2 cm³/mol. The van der Waals surface area contributed by atoms with Gasteiger partial charge in [0.2, 0.25) is 0 Å². The Hall–Kier alpha value is -0.300. The van der Waals surface area contributed by atoms with Crippen LogP contribution in [-0.4, -0.2) is 11.2 Å². The Morgan fingerprint density at radius 1 is 1.06 bits per heavy atom. The molecule has 0 bridgehead atoms. The van der Waals surface area contributed by atoms with Crippen LogP contribution in [0.5, 0.6) is 0 Å². The summed E-state index contributed by atoms with van der Waals surface area (Å²) in [6, 6.07) is 0. The van der Waals surface area contributed by atoms with E-state index >= 15 is 0 Å². The second-order valence-corrected chi connectivity index (χ2v) is 8.27. The Balaban J connectivity index is 2.02. The molecule has 2 fully saturated rings. The number of hydrogen-bond acceptors (Lipinski definition) is 1. The van der Waals surface area contributed by atoms with Crippen LogP contribution in [0.15, 0.2) is 12.2 Å². The third kappa shape index (κ3) is 1.49. The fourth-order valence-electron chi connectivity index (χ4n) is 6.02. The maximum atomic E-state index is 10.5. The highest BCUT2D eigenvalue weighted by molar-refractivity contribution is 5.22. The average molecular weight is 248 g/mol. The molecule has 0 aromatic carbocycles. The minimum atomic E-state index is -0.211. The molecule has 0 aromatic heterocycles. The van der Waals surface area contributed by atoms with E-state index in [0.29, 0.717) is 16.7 Å². The van der Waals surface area contributed by atoms with Crippen molar-refractivity contribution in [3.63, 3.8) is 0 Å². The largest absolute Gasteiger partial charge is 0.389 e. The van der Waals surface area contributed by atoms with Gasteiger partial charge in [-0.3, -0.25) is 0 Å². The summed E-state index contributed by atoms with van der Waals surface area (Å²) in [5.41, 5.74) is 1.03. The summed E-state index contributed by atoms with van der Waals surface area (Å²) in [4.78, 5) is 0. The lowest BCUT2D eigenvalue weighted by Gasteiger charge is -2.61. The standard InChI is InChI=1S/C17H28O/c1-15(2)8-5-9-17(4)13(15)7-11-16(3)10-6-12(18)14(16)17/h6,10,12-14,18H,5,7-9,11H2,1-4H3/t12-,13+,14-,16-,17+/m0/s1. The quantitative estimate of drug-likeness (QED) is 0.638. The molecule has 0 radical (unpaired) electrons. The van der Waals surface area contributed by atoms with E-state index < -0.39 is 0 Å². The SMILES string of the molecule is CC1(C)CCC[C@]2(C)[C@@H]1CC[C@]1(C)C=C[C@H](O)[C@H]21. The van der Waals surface area contributed by atoms with E-state index in [2.05, 4.69) is 39.8 Å². The number of fused-ring (bicyclic) bond motifs is 3. The third-order valence-corrected chi connectivity index (χ3v) is 6.68. The molecule has 3 aliphatic rings. The van der Waals surface area contributed by atoms with Crippen molar-refractivity contribution in [3.8, 4) is 0 Å². The number of hydrogen-bond donors (Lipinski definition) is 1. The highest BCUT2D eigenvalue weighted by Crippen LogP contribution is 2.66. The smallest absolute Gasteiger partial charge is 0.0762 e. The van der Waals surface area contributed by atoms with Gasteiger partial charge in [0.05, 0.1) is 6.10 Å². The van der Waals surface area contributed by atoms with Crippen LogP contribution in [-0.2, 0) is 0 Å². The minimum Gasteiger partial charge on any atom is -0.389 e. The van der Waals surface area contributed by atoms with Gasteiger partial charge in [0.15, 0.2) is 0 Å². The molecule has 0 amide bonds. The summed E-state index contributed by atoms with van der Waals surface area (Å²) in [7, 11) is 0. The van der Waals surface area contributed by atoms with Crippen LogP contribution < -0.4 is 0 Å². The summed E-state index contributed by atoms with van der Waals surface area (Å²) in [5.74, 6) is 1.23. The van der Waals surface area contributed by atoms with Gasteiger partial charge in [-0.05, 0) is 47.8 Å². The first kappa shape index (κ1) is 12.7. The summed E-state index contributed by atoms with van der Waals surface area (Å²) >= 11 is 0. The molecule has 1 nitrogen and oxygen atoms in total. The van der Waals surface area contributed by atoms with Crippen molar-refractivity contribution in [2.24, 2.45) is 28.1 Å². The van der Waals surface area contributed by atoms with Crippen LogP contribution in [0.1, 0.15) is 59.8 Å². The second kappa shape index (κ2) is 3.62. The van der Waals surface area contributed by atoms with Gasteiger partial charge in [-0.15, -0.1) is 0 Å². The number of allylic oxidation sites excluding steroid dienone is 1. The fourth-order valence-corrected chi connectivity index (χ4v) is 6.02. The van der Waals surface area contributed by atoms with E-state index in [1.54, 1.807) is 0 Å². The zero-order valence-electron chi connectivity index (χ0n) is 12.4. The van der Waals surface area contributed by atoms with Crippen LogP contribution >= 0.6 is 0 Å². The molecule has 0 spiro atoms. The lowest BCUT2D eigenvalue weighted by atomic mass is 9.44. The minimum absolute atomic E-state index is 0.211. The van der Waals surface area contributed by atoms with Crippen LogP contribution in [0.3, 0.4) is 0 Å². The molecule has 102 valence electrons. The van der Waals surface area contributed by atoms with Crippen molar-refractivity contribution in [1.29, 1.82) is 0 Å². The molecule has 1 heteroatoms. The summed E-state index contributed by atoms with van der Waals surface area (Å²) in [6.45, 7) is 9.74. The topological polar surface area (TPSA) is 20.2 Å². The van der Waals surface area contributed by atoms with Crippen molar-refractivity contribution in [1.82, 2.24) is 0 Å². The zero-order valence-corrected chi connectivity index (χ0v) is 12.4. The molecule has 0 unspecified atom stereocenters. The fraction of sp³-hybridized carbons (Fsp3) is 0.882. The van der Waals surface area contributed by atoms with Crippen molar-refractivity contribution < 1.29 is 5.11 Å². The van der Waals surface area contributed by atoms with E-state index in [1.165, 1.54) is 32.1 Å². The second-order valence-electron chi connectivity index (χ2n) is 8.27. The molecule has 2 saturated carbocycles. The average Bonchev–Trinajstić information content (AvgIpc) is 2.54. The lowest BCUT2D eigenvalue weighted by Crippen LogP contribution is -2.55. The highest BCUT2D eigenvalue weighted by atomic mass is 16.3. The monoisotopic (exact) mass is 248 g/mol. The van der Waals surface area contributed by atoms with E-state index in [-0.39, 0.29) is 11.5 Å². The Morgan fingerprint density at radius 2 is 1.78 bits per heavy atom. The highest BCUT2D eigenvalue weighted by Gasteiger charge is 2.60. The molecule has 3 aliphatic carbocycles. The van der Waals surface area contributed by atoms with Gasteiger partial charge in [-0.1, -0.05) is 46.3 Å². The molecule has 0 saturated heterocycles. The molecule has 5 atom stereocenters. The van der Waals surface area contributed by atoms with Gasteiger partial charge < -0.3 is 5.11 Å². The van der Waals surface area contributed by atoms with Crippen molar-refractivity contribution in [3.05, 3.63) is 12.2 Å². The maximum Gasteiger partial charge on any atom is 0.0762 e. The van der Waals surface area contributed by atoms with Crippen molar-refractivity contribution in [2.45, 2.75) is 65.9 Å². The summed E-state index contributed by atoms with van der Waals surface area (Å²) < 4.78 is 0. The van der Waals surface area contributed by atoms with Gasteiger partial charge >= 0.3 is 0 Å². The lowest BCUT2D eigenvalue weighted by molar-refractivity contribution is -0.136. The first-order valence-corrected chi connectivity index (χ1v) is 7.67. The van der Waals surface area contributed by atoms with E-state index in [9.17, 15) is 5.11 Å². The van der Waals surface area contributed by atoms with Crippen LogP contribution in [0.25, 0.3) is 0 Å². The number of aliphatic hydroxyl groups is 1. The third-order valence-electron chi connectivity index (χ3n) is 6.68. The molecule has 18 heavy (non-hydrogen) atoms. The molecule has 0 aromatic rings. The Kier molecular flexibility index (Phi) is 2.56. The zero-order chi connectivity index (χ0) is 13.2. The first-order chi connectivity index (χ1) is 8.30. The number of rotatable bonds is 0. The van der Waals surface area contributed by atoms with Crippen molar-refractivity contribution >= 4 is 0 Å². The Morgan fingerprint density at radius 3 is 2.50 bits per heavy atom. The van der Waals surface area contributed by atoms with E-state index in [0.717, 1.165) is 5.92 Å². The number of aliphatic hydroxyl groups excluding tert-OH is 1. The molecule has 0 aliphatic heterocycles. The van der Waals surface area contributed by atoms with Crippen LogP contribution in [0.4, 0.5) is 0 Å². The van der Waals surface area contributed by atoms with Crippen LogP contribution in [0.2, 0.25) is 0 Å². The Labute approximate surface area is 112 Å². The summed E-state index contributed by atoms with van der Waals surface area (Å²) in [5, 5.41) is 10.5. The molecule has 1 N–H and O–H groups in total. The Bertz CT molecular complexity index is 383. The van der Waals surface area contributed by atoms with Crippen molar-refractivity contribution in [2.75, 3.05) is 0 Å². The molecule has 0 heterocycles. The molecular formula is C17H28O. The normalized spacial score (nSPS) is 53.9. The first-order valence-electron chi connectivity index (χ1n) is 7.67. The molecule has 3 rings (SSSR count). The van der Waals surface area contributed by atoms with E-state index in [1.807, 2.05) is 0 Å². The van der Waals surface area contributed by atoms with Gasteiger partial charge in [0.1, 0.15) is 0 Å². The predicted octanol–water partition coefficient (Wildman–Crippen LogP) is 4.17. The van der Waals surface area contributed by atoms with Gasteiger partial charge in [-0.25, -0.2) is 0 Å². The van der Waals surface area contributed by atoms with Gasteiger partial charge in [0, 0.05) is 5.92 Å². The maximum absolute atomic E-state index is 10.5.